The summed E-state index contributed by atoms with van der Waals surface area (Å²) >= 11 is 1.40. The van der Waals surface area contributed by atoms with Crippen molar-refractivity contribution in [1.82, 2.24) is 0 Å². The van der Waals surface area contributed by atoms with Gasteiger partial charge < -0.3 is 23.4 Å². The zero-order valence-electron chi connectivity index (χ0n) is 27.7. The fourth-order valence-corrected chi connectivity index (χ4v) is 10.1. The third kappa shape index (κ3) is 3.42. The molecule has 5 aliphatic rings. The Morgan fingerprint density at radius 3 is 1.78 bits per heavy atom. The molecule has 1 aromatic carbocycles. The van der Waals surface area contributed by atoms with Crippen molar-refractivity contribution in [3.63, 3.8) is 0 Å². The predicted octanol–water partition coefficient (Wildman–Crippen LogP) is 5.73. The lowest BCUT2D eigenvalue weighted by molar-refractivity contribution is -0.204. The highest BCUT2D eigenvalue weighted by molar-refractivity contribution is 8.00. The third-order valence-corrected chi connectivity index (χ3v) is 14.4. The first-order valence-electron chi connectivity index (χ1n) is 15.8. The number of aryl methyl sites for hydroxylation is 1. The lowest BCUT2D eigenvalue weighted by Gasteiger charge is -2.45. The van der Waals surface area contributed by atoms with Gasteiger partial charge in [-0.1, -0.05) is 27.7 Å². The molecule has 6 atom stereocenters. The molecule has 4 fully saturated rings. The summed E-state index contributed by atoms with van der Waals surface area (Å²) in [4.78, 5) is 68.3. The number of carbonyl (C=O) groups excluding carboxylic acids is 4. The second-order valence-electron chi connectivity index (χ2n) is 15.8. The Morgan fingerprint density at radius 1 is 0.783 bits per heavy atom. The van der Waals surface area contributed by atoms with E-state index in [0.29, 0.717) is 40.7 Å². The largest absolute Gasteiger partial charge is 0.454 e. The molecule has 0 unspecified atom stereocenters. The van der Waals surface area contributed by atoms with Gasteiger partial charge in [0.25, 0.3) is 0 Å². The predicted molar refractivity (Wildman–Crippen MR) is 166 cm³/mol. The first-order valence-corrected chi connectivity index (χ1v) is 16.7. The molecule has 10 nitrogen and oxygen atoms in total. The summed E-state index contributed by atoms with van der Waals surface area (Å²) in [6.45, 7) is 16.5. The van der Waals surface area contributed by atoms with Crippen LogP contribution in [0, 0.1) is 28.6 Å². The van der Waals surface area contributed by atoms with Crippen molar-refractivity contribution in [3.05, 3.63) is 39.7 Å². The molecule has 2 saturated heterocycles. The first-order chi connectivity index (χ1) is 21.2. The van der Waals surface area contributed by atoms with Gasteiger partial charge in [-0.25, -0.2) is 14.4 Å². The number of rotatable bonds is 4. The lowest BCUT2D eigenvalue weighted by atomic mass is 9.66. The number of esters is 4. The van der Waals surface area contributed by atoms with E-state index in [1.54, 1.807) is 6.92 Å². The highest BCUT2D eigenvalue weighted by Crippen LogP contribution is 2.68. The standard InChI is InChI=1S/C35H40O10S/c1-17-16-20(36)41-22-18(17)10-11-19-21(22)23(42-27(39)34-14-12-32(8,25(37)44-34)30(34,4)5)24(29(2,3)46-19)43-28(40)35-15-13-33(9,26(38)45-35)31(35,6)7/h10-11,16,23-24H,12-15H2,1-9H3/t23-,24-,32+,33+,34-,35-/m0/s1. The van der Waals surface area contributed by atoms with Gasteiger partial charge in [0.15, 0.2) is 12.2 Å². The first kappa shape index (κ1) is 31.3. The van der Waals surface area contributed by atoms with Gasteiger partial charge in [0.05, 0.1) is 21.1 Å². The van der Waals surface area contributed by atoms with Crippen LogP contribution in [0.1, 0.15) is 98.3 Å². The van der Waals surface area contributed by atoms with Crippen LogP contribution in [0.25, 0.3) is 11.0 Å². The van der Waals surface area contributed by atoms with Crippen LogP contribution in [0.3, 0.4) is 0 Å². The van der Waals surface area contributed by atoms with E-state index < -0.39 is 79.3 Å². The molecule has 2 aromatic rings. The van der Waals surface area contributed by atoms with Crippen molar-refractivity contribution in [1.29, 1.82) is 0 Å². The molecule has 1 aromatic heterocycles. The van der Waals surface area contributed by atoms with E-state index in [2.05, 4.69) is 0 Å². The summed E-state index contributed by atoms with van der Waals surface area (Å²) in [5, 5.41) is 0.639. The fourth-order valence-electron chi connectivity index (χ4n) is 8.75. The maximum absolute atomic E-state index is 14.5. The zero-order valence-corrected chi connectivity index (χ0v) is 28.5. The Hall–Kier alpha value is -3.34. The van der Waals surface area contributed by atoms with Crippen molar-refractivity contribution in [2.75, 3.05) is 0 Å². The average molecular weight is 653 g/mol. The molecule has 246 valence electrons. The highest BCUT2D eigenvalue weighted by atomic mass is 32.2. The Kier molecular flexibility index (Phi) is 6.09. The van der Waals surface area contributed by atoms with Gasteiger partial charge in [-0.2, -0.15) is 0 Å². The molecule has 7 rings (SSSR count). The molecular formula is C35H40O10S. The van der Waals surface area contributed by atoms with E-state index in [0.717, 1.165) is 0 Å². The van der Waals surface area contributed by atoms with E-state index in [4.69, 9.17) is 23.4 Å². The van der Waals surface area contributed by atoms with Crippen LogP contribution >= 0.6 is 11.8 Å². The van der Waals surface area contributed by atoms with E-state index >= 15 is 0 Å². The Labute approximate surface area is 271 Å². The summed E-state index contributed by atoms with van der Waals surface area (Å²) < 4.78 is 29.5. The number of benzene rings is 1. The minimum Gasteiger partial charge on any atom is -0.454 e. The van der Waals surface area contributed by atoms with Crippen molar-refractivity contribution in [3.8, 4) is 0 Å². The summed E-state index contributed by atoms with van der Waals surface area (Å²) in [6, 6.07) is 5.12. The fraction of sp³-hybridized carbons (Fsp3) is 0.629. The monoisotopic (exact) mass is 652 g/mol. The van der Waals surface area contributed by atoms with Crippen molar-refractivity contribution >= 4 is 46.6 Å². The zero-order chi connectivity index (χ0) is 33.6. The Balaban J connectivity index is 1.37. The number of hydrogen-bond donors (Lipinski definition) is 0. The van der Waals surface area contributed by atoms with Crippen LogP contribution in [0.2, 0.25) is 0 Å². The van der Waals surface area contributed by atoms with Gasteiger partial charge in [0.2, 0.25) is 11.2 Å². The number of ether oxygens (including phenoxy) is 4. The van der Waals surface area contributed by atoms with Crippen LogP contribution in [0.4, 0.5) is 0 Å². The van der Waals surface area contributed by atoms with Gasteiger partial charge in [-0.3, -0.25) is 9.59 Å². The van der Waals surface area contributed by atoms with Gasteiger partial charge in [-0.05, 0) is 78.0 Å². The molecule has 11 heteroatoms. The summed E-state index contributed by atoms with van der Waals surface area (Å²) in [5.41, 5.74) is -5.86. The van der Waals surface area contributed by atoms with Crippen LogP contribution in [0.5, 0.6) is 0 Å². The van der Waals surface area contributed by atoms with Crippen LogP contribution in [-0.4, -0.2) is 45.9 Å². The van der Waals surface area contributed by atoms with E-state index in [9.17, 15) is 24.0 Å². The van der Waals surface area contributed by atoms with Crippen molar-refractivity contribution in [2.24, 2.45) is 21.7 Å². The van der Waals surface area contributed by atoms with Gasteiger partial charge >= 0.3 is 29.5 Å². The number of carbonyl (C=O) groups is 4. The molecule has 0 spiro atoms. The number of hydrogen-bond acceptors (Lipinski definition) is 11. The number of thioether (sulfide) groups is 1. The van der Waals surface area contributed by atoms with E-state index in [1.165, 1.54) is 17.8 Å². The van der Waals surface area contributed by atoms with Gasteiger partial charge in [0, 0.05) is 27.2 Å². The third-order valence-electron chi connectivity index (χ3n) is 13.0. The quantitative estimate of drug-likeness (QED) is 0.228. The van der Waals surface area contributed by atoms with Crippen LogP contribution in [0.15, 0.2) is 32.3 Å². The average Bonchev–Trinajstić information content (AvgIpc) is 3.42. The molecular weight excluding hydrogens is 612 g/mol. The molecule has 0 N–H and O–H groups in total. The van der Waals surface area contributed by atoms with Crippen molar-refractivity contribution in [2.45, 2.75) is 121 Å². The summed E-state index contributed by atoms with van der Waals surface area (Å²) in [7, 11) is 0. The minimum absolute atomic E-state index is 0.222. The van der Waals surface area contributed by atoms with E-state index in [1.807, 2.05) is 67.5 Å². The lowest BCUT2D eigenvalue weighted by Crippen LogP contribution is -2.55. The second-order valence-corrected chi connectivity index (χ2v) is 17.5. The molecule has 0 radical (unpaired) electrons. The molecule has 2 aliphatic carbocycles. The molecule has 46 heavy (non-hydrogen) atoms. The van der Waals surface area contributed by atoms with E-state index in [-0.39, 0.29) is 12.0 Å². The summed E-state index contributed by atoms with van der Waals surface area (Å²) in [6.07, 6.45) is -0.873. The second kappa shape index (κ2) is 8.96. The SMILES string of the molecule is Cc1cc(=O)oc2c3c(ccc12)SC(C)(C)[C@@H](OC(=O)[C@]12CC[C@](C)(C(=O)O1)C2(C)C)[C@H]3OC(=O)[C@]12CC[C@](C)(C(=O)O1)C2(C)C. The van der Waals surface area contributed by atoms with Crippen LogP contribution < -0.4 is 5.63 Å². The Morgan fingerprint density at radius 2 is 1.30 bits per heavy atom. The molecule has 4 heterocycles. The van der Waals surface area contributed by atoms with Gasteiger partial charge in [0.1, 0.15) is 5.58 Å². The highest BCUT2D eigenvalue weighted by Gasteiger charge is 2.78. The normalized spacial score (nSPS) is 37.5. The van der Waals surface area contributed by atoms with Gasteiger partial charge in [-0.15, -0.1) is 11.8 Å². The number of fused-ring (bicyclic) bond motifs is 7. The topological polar surface area (TPSA) is 135 Å². The maximum Gasteiger partial charge on any atom is 0.351 e. The molecule has 2 saturated carbocycles. The Bertz CT molecular complexity index is 1840. The summed E-state index contributed by atoms with van der Waals surface area (Å²) in [5.74, 6) is -2.36. The molecule has 0 amide bonds. The minimum atomic E-state index is -1.56. The van der Waals surface area contributed by atoms with Crippen LogP contribution in [-0.2, 0) is 38.1 Å². The maximum atomic E-state index is 14.5. The molecule has 3 aliphatic heterocycles. The van der Waals surface area contributed by atoms with Crippen molar-refractivity contribution < 1.29 is 42.5 Å². The smallest absolute Gasteiger partial charge is 0.351 e. The molecule has 4 bridgehead atoms.